The fourth-order valence-electron chi connectivity index (χ4n) is 6.97. The van der Waals surface area contributed by atoms with Crippen LogP contribution in [0.2, 0.25) is 6.55 Å². The molecule has 0 bridgehead atoms. The van der Waals surface area contributed by atoms with Crippen molar-refractivity contribution in [2.45, 2.75) is 51.1 Å². The van der Waals surface area contributed by atoms with Crippen molar-refractivity contribution in [3.05, 3.63) is 130 Å². The summed E-state index contributed by atoms with van der Waals surface area (Å²) in [4.78, 5) is 0. The third-order valence-corrected chi connectivity index (χ3v) is 13.1. The third kappa shape index (κ3) is 5.60. The number of halogens is 2. The Balaban J connectivity index is 0.00000140. The molecule has 2 atom stereocenters. The van der Waals surface area contributed by atoms with Crippen LogP contribution in [0.15, 0.2) is 109 Å². The number of unbranched alkanes of at least 4 members (excludes halogenated alkanes) is 4. The van der Waals surface area contributed by atoms with Crippen molar-refractivity contribution >= 4 is 18.8 Å². The molecule has 0 saturated carbocycles. The fraction of sp³-hybridized carbons (Fsp3) is 0.257. The van der Waals surface area contributed by atoms with E-state index in [0.717, 1.165) is 0 Å². The molecule has 2 unspecified atom stereocenters. The van der Waals surface area contributed by atoms with Crippen molar-refractivity contribution in [2.75, 3.05) is 0 Å². The minimum absolute atomic E-state index is 0. The Morgan fingerprint density at radius 2 is 1.36 bits per heavy atom. The van der Waals surface area contributed by atoms with Crippen molar-refractivity contribution in [3.8, 4) is 11.1 Å². The Labute approximate surface area is 266 Å². The normalized spacial score (nSPS) is 17.8. The fourth-order valence-corrected chi connectivity index (χ4v) is 11.8. The molecule has 0 spiro atoms. The van der Waals surface area contributed by atoms with Crippen molar-refractivity contribution in [1.82, 2.24) is 0 Å². The molecular formula is C35H36Cl2SiZr. The van der Waals surface area contributed by atoms with Crippen LogP contribution in [0.3, 0.4) is 0 Å². The molecule has 0 saturated heterocycles. The molecule has 0 fully saturated rings. The number of allylic oxidation sites excluding steroid dienone is 5. The van der Waals surface area contributed by atoms with Gasteiger partial charge < -0.3 is 24.8 Å². The summed E-state index contributed by atoms with van der Waals surface area (Å²) in [5, 5.41) is 4.61. The van der Waals surface area contributed by atoms with Crippen LogP contribution in [-0.2, 0) is 26.2 Å². The number of fused-ring (bicyclic) bond motifs is 5. The molecule has 3 aromatic carbocycles. The summed E-state index contributed by atoms with van der Waals surface area (Å²) in [6.07, 6.45) is 18.3. The van der Waals surface area contributed by atoms with E-state index in [-0.39, 0.29) is 51.0 Å². The standard InChI is InChI=1S/C35H36Si.2ClH.Zr/c1-3-4-5-6-7-16-25-36(2,34-30-21-12-8-17-26(30)27-18-9-13-22-31(27)34)35-32-23-14-10-19-28(32)29-20-11-15-24-33(29)35;;;/h8-25,30,35H,3-7H2,1-2H3;2*1H;/q;;;+2/p-2. The van der Waals surface area contributed by atoms with E-state index in [9.17, 15) is 0 Å². The van der Waals surface area contributed by atoms with Gasteiger partial charge in [0.25, 0.3) is 0 Å². The molecular weight excluding hydrogens is 611 g/mol. The first kappa shape index (κ1) is 31.8. The molecule has 0 aliphatic heterocycles. The minimum atomic E-state index is -2.18. The SMILES string of the molecule is CCCCCCC=C[Si](C)(C1=c2ccccc2=C2C=CC=CC21)C1c2ccccc2-c2ccccc21.[Cl-].[Cl-].[Zr+2]. The van der Waals surface area contributed by atoms with Gasteiger partial charge in [-0.3, -0.25) is 0 Å². The molecule has 0 nitrogen and oxygen atoms in total. The molecule has 3 aliphatic carbocycles. The second-order valence-corrected chi connectivity index (χ2v) is 14.8. The van der Waals surface area contributed by atoms with Gasteiger partial charge in [-0.2, -0.15) is 0 Å². The van der Waals surface area contributed by atoms with Gasteiger partial charge in [-0.25, -0.2) is 0 Å². The summed E-state index contributed by atoms with van der Waals surface area (Å²) >= 11 is 0. The van der Waals surface area contributed by atoms with E-state index in [1.54, 1.807) is 5.20 Å². The summed E-state index contributed by atoms with van der Waals surface area (Å²) in [6.45, 7) is 4.95. The summed E-state index contributed by atoms with van der Waals surface area (Å²) in [5.74, 6) is 0.383. The van der Waals surface area contributed by atoms with E-state index in [1.807, 2.05) is 0 Å². The second kappa shape index (κ2) is 13.8. The van der Waals surface area contributed by atoms with E-state index in [4.69, 9.17) is 0 Å². The van der Waals surface area contributed by atoms with Gasteiger partial charge in [0.2, 0.25) is 0 Å². The summed E-state index contributed by atoms with van der Waals surface area (Å²) in [7, 11) is -2.18. The van der Waals surface area contributed by atoms with E-state index in [1.165, 1.54) is 70.4 Å². The predicted octanol–water partition coefficient (Wildman–Crippen LogP) is 1.78. The number of rotatable bonds is 8. The van der Waals surface area contributed by atoms with Crippen LogP contribution in [0, 0.1) is 5.92 Å². The first-order chi connectivity index (χ1) is 17.7. The van der Waals surface area contributed by atoms with E-state index in [0.29, 0.717) is 11.5 Å². The van der Waals surface area contributed by atoms with Gasteiger partial charge in [0.05, 0.1) is 0 Å². The molecule has 3 aliphatic rings. The van der Waals surface area contributed by atoms with Crippen LogP contribution in [-0.4, -0.2) is 8.07 Å². The Morgan fingerprint density at radius 1 is 0.744 bits per heavy atom. The average Bonchev–Trinajstić information content (AvgIpc) is 3.45. The van der Waals surface area contributed by atoms with Crippen LogP contribution in [0.4, 0.5) is 0 Å². The van der Waals surface area contributed by atoms with Gasteiger partial charge in [0.15, 0.2) is 0 Å². The molecule has 0 N–H and O–H groups in total. The molecule has 0 aromatic heterocycles. The topological polar surface area (TPSA) is 0 Å². The van der Waals surface area contributed by atoms with Gasteiger partial charge >= 0.3 is 26.2 Å². The van der Waals surface area contributed by atoms with E-state index in [2.05, 4.69) is 122 Å². The first-order valence-electron chi connectivity index (χ1n) is 13.8. The van der Waals surface area contributed by atoms with Gasteiger partial charge in [-0.15, -0.1) is 0 Å². The van der Waals surface area contributed by atoms with Crippen molar-refractivity contribution in [1.29, 1.82) is 0 Å². The largest absolute Gasteiger partial charge is 2.00 e. The molecule has 0 heterocycles. The Hall–Kier alpha value is -1.70. The Kier molecular flexibility index (Phi) is 11.2. The van der Waals surface area contributed by atoms with Crippen molar-refractivity contribution in [2.24, 2.45) is 5.92 Å². The molecule has 0 amide bonds. The zero-order valence-corrected chi connectivity index (χ0v) is 27.8. The Bertz CT molecular complexity index is 1470. The number of benzene rings is 3. The summed E-state index contributed by atoms with van der Waals surface area (Å²) < 4.78 is 0. The second-order valence-electron chi connectivity index (χ2n) is 10.8. The molecule has 198 valence electrons. The molecule has 6 rings (SSSR count). The minimum Gasteiger partial charge on any atom is -1.00 e. The smallest absolute Gasteiger partial charge is 1.00 e. The molecule has 3 aromatic rings. The first-order valence-corrected chi connectivity index (χ1v) is 16.4. The maximum absolute atomic E-state index is 2.73. The van der Waals surface area contributed by atoms with E-state index >= 15 is 0 Å². The van der Waals surface area contributed by atoms with Gasteiger partial charge in [0.1, 0.15) is 8.07 Å². The van der Waals surface area contributed by atoms with Crippen molar-refractivity contribution < 1.29 is 51.0 Å². The van der Waals surface area contributed by atoms with Gasteiger partial charge in [-0.05, 0) is 51.1 Å². The van der Waals surface area contributed by atoms with Gasteiger partial charge in [-0.1, -0.05) is 147 Å². The maximum atomic E-state index is 2.73. The van der Waals surface area contributed by atoms with E-state index < -0.39 is 8.07 Å². The summed E-state index contributed by atoms with van der Waals surface area (Å²) in [5.41, 5.74) is 10.6. The maximum Gasteiger partial charge on any atom is 2.00 e. The molecule has 4 heteroatoms. The third-order valence-electron chi connectivity index (χ3n) is 8.57. The van der Waals surface area contributed by atoms with Crippen LogP contribution < -0.4 is 35.3 Å². The van der Waals surface area contributed by atoms with Crippen LogP contribution >= 0.6 is 0 Å². The van der Waals surface area contributed by atoms with Crippen LogP contribution in [0.5, 0.6) is 0 Å². The molecule has 39 heavy (non-hydrogen) atoms. The molecule has 0 radical (unpaired) electrons. The zero-order chi connectivity index (χ0) is 24.5. The van der Waals surface area contributed by atoms with Crippen LogP contribution in [0.25, 0.3) is 21.9 Å². The average molecular weight is 647 g/mol. The van der Waals surface area contributed by atoms with Crippen LogP contribution in [0.1, 0.15) is 55.7 Å². The zero-order valence-electron chi connectivity index (χ0n) is 22.8. The quantitative estimate of drug-likeness (QED) is 0.259. The van der Waals surface area contributed by atoms with Gasteiger partial charge in [0, 0.05) is 11.5 Å². The van der Waals surface area contributed by atoms with Crippen molar-refractivity contribution in [3.63, 3.8) is 0 Å². The predicted molar refractivity (Wildman–Crippen MR) is 158 cm³/mol. The number of hydrogen-bond acceptors (Lipinski definition) is 0. The monoisotopic (exact) mass is 644 g/mol. The Morgan fingerprint density at radius 3 is 2.03 bits per heavy atom. The number of hydrogen-bond donors (Lipinski definition) is 0. The summed E-state index contributed by atoms with van der Waals surface area (Å²) in [6, 6.07) is 27.6.